The second-order valence-electron chi connectivity index (χ2n) is 4.44. The molecule has 0 aliphatic heterocycles. The van der Waals surface area contributed by atoms with Gasteiger partial charge in [-0.3, -0.25) is 4.79 Å². The fourth-order valence-corrected chi connectivity index (χ4v) is 1.96. The first-order valence-electron chi connectivity index (χ1n) is 6.53. The van der Waals surface area contributed by atoms with Gasteiger partial charge in [-0.05, 0) is 38.1 Å². The highest BCUT2D eigenvalue weighted by Gasteiger charge is 2.12. The third kappa shape index (κ3) is 2.96. The maximum Gasteiger partial charge on any atom is 0.257 e. The van der Waals surface area contributed by atoms with Crippen LogP contribution in [-0.4, -0.2) is 12.5 Å². The summed E-state index contributed by atoms with van der Waals surface area (Å²) in [5.41, 5.74) is 2.22. The Kier molecular flexibility index (Phi) is 4.35. The standard InChI is InChI=1S/C16H17FN2O/c1-3-18-15-9-5-4-7-12(15)16(20)19-14-10-6-8-13(17)11(14)2/h4-10,18H,3H2,1-2H3,(H,19,20). The Bertz CT molecular complexity index is 626. The SMILES string of the molecule is CCNc1ccccc1C(=O)Nc1cccc(F)c1C. The monoisotopic (exact) mass is 272 g/mol. The van der Waals surface area contributed by atoms with E-state index in [2.05, 4.69) is 10.6 Å². The van der Waals surface area contributed by atoms with Crippen LogP contribution in [0.2, 0.25) is 0 Å². The molecule has 20 heavy (non-hydrogen) atoms. The van der Waals surface area contributed by atoms with E-state index in [0.717, 1.165) is 12.2 Å². The van der Waals surface area contributed by atoms with Gasteiger partial charge in [0.05, 0.1) is 5.56 Å². The number of amides is 1. The third-order valence-corrected chi connectivity index (χ3v) is 3.05. The number of nitrogens with one attached hydrogen (secondary N) is 2. The molecule has 1 amide bonds. The average molecular weight is 272 g/mol. The minimum atomic E-state index is -0.331. The maximum atomic E-state index is 13.5. The second kappa shape index (κ2) is 6.19. The molecular weight excluding hydrogens is 255 g/mol. The molecule has 2 rings (SSSR count). The summed E-state index contributed by atoms with van der Waals surface area (Å²) in [6.07, 6.45) is 0. The summed E-state index contributed by atoms with van der Waals surface area (Å²) in [5.74, 6) is -0.585. The number of rotatable bonds is 4. The van der Waals surface area contributed by atoms with Crippen LogP contribution in [0.3, 0.4) is 0 Å². The summed E-state index contributed by atoms with van der Waals surface area (Å²) in [7, 11) is 0. The first-order valence-corrected chi connectivity index (χ1v) is 6.53. The summed E-state index contributed by atoms with van der Waals surface area (Å²) >= 11 is 0. The summed E-state index contributed by atoms with van der Waals surface area (Å²) in [6, 6.07) is 11.9. The van der Waals surface area contributed by atoms with Crippen molar-refractivity contribution in [3.63, 3.8) is 0 Å². The molecule has 2 N–H and O–H groups in total. The third-order valence-electron chi connectivity index (χ3n) is 3.05. The number of carbonyl (C=O) groups excluding carboxylic acids is 1. The van der Waals surface area contributed by atoms with E-state index in [-0.39, 0.29) is 11.7 Å². The molecule has 0 heterocycles. The van der Waals surface area contributed by atoms with Crippen LogP contribution in [-0.2, 0) is 0 Å². The summed E-state index contributed by atoms with van der Waals surface area (Å²) in [4.78, 5) is 12.3. The van der Waals surface area contributed by atoms with Crippen LogP contribution in [0, 0.1) is 12.7 Å². The van der Waals surface area contributed by atoms with Crippen molar-refractivity contribution in [2.24, 2.45) is 0 Å². The lowest BCUT2D eigenvalue weighted by Gasteiger charge is -2.12. The number of benzene rings is 2. The number of halogens is 1. The molecule has 0 bridgehead atoms. The van der Waals surface area contributed by atoms with Gasteiger partial charge in [0.2, 0.25) is 0 Å². The van der Waals surface area contributed by atoms with Gasteiger partial charge in [-0.15, -0.1) is 0 Å². The highest BCUT2D eigenvalue weighted by molar-refractivity contribution is 6.08. The van der Waals surface area contributed by atoms with Crippen molar-refractivity contribution in [1.82, 2.24) is 0 Å². The molecule has 0 fully saturated rings. The number of carbonyl (C=O) groups is 1. The quantitative estimate of drug-likeness (QED) is 0.888. The highest BCUT2D eigenvalue weighted by Crippen LogP contribution is 2.21. The van der Waals surface area contributed by atoms with Crippen molar-refractivity contribution in [1.29, 1.82) is 0 Å². The molecule has 0 aliphatic carbocycles. The van der Waals surface area contributed by atoms with Gasteiger partial charge in [-0.1, -0.05) is 18.2 Å². The Balaban J connectivity index is 2.26. The minimum absolute atomic E-state index is 0.254. The van der Waals surface area contributed by atoms with Crippen LogP contribution in [0.5, 0.6) is 0 Å². The van der Waals surface area contributed by atoms with Gasteiger partial charge in [0.15, 0.2) is 0 Å². The van der Waals surface area contributed by atoms with E-state index in [0.29, 0.717) is 16.8 Å². The molecule has 4 heteroatoms. The van der Waals surface area contributed by atoms with Gasteiger partial charge in [0.25, 0.3) is 5.91 Å². The summed E-state index contributed by atoms with van der Waals surface area (Å²) in [6.45, 7) is 4.33. The van der Waals surface area contributed by atoms with Crippen molar-refractivity contribution in [2.75, 3.05) is 17.2 Å². The average Bonchev–Trinajstić information content (AvgIpc) is 2.45. The lowest BCUT2D eigenvalue weighted by atomic mass is 10.1. The van der Waals surface area contributed by atoms with Crippen molar-refractivity contribution in [3.05, 3.63) is 59.4 Å². The molecule has 0 saturated carbocycles. The lowest BCUT2D eigenvalue weighted by molar-refractivity contribution is 0.102. The van der Waals surface area contributed by atoms with E-state index in [9.17, 15) is 9.18 Å². The summed E-state index contributed by atoms with van der Waals surface area (Å²) in [5, 5.41) is 5.88. The molecule has 0 radical (unpaired) electrons. The van der Waals surface area contributed by atoms with Crippen molar-refractivity contribution in [2.45, 2.75) is 13.8 Å². The van der Waals surface area contributed by atoms with Gasteiger partial charge >= 0.3 is 0 Å². The first-order chi connectivity index (χ1) is 9.63. The van der Waals surface area contributed by atoms with E-state index >= 15 is 0 Å². The zero-order valence-corrected chi connectivity index (χ0v) is 11.5. The molecule has 2 aromatic rings. The van der Waals surface area contributed by atoms with E-state index in [1.165, 1.54) is 6.07 Å². The maximum absolute atomic E-state index is 13.5. The Morgan fingerprint density at radius 1 is 1.10 bits per heavy atom. The topological polar surface area (TPSA) is 41.1 Å². The van der Waals surface area contributed by atoms with Gasteiger partial charge in [0.1, 0.15) is 5.82 Å². The molecule has 104 valence electrons. The number of hydrogen-bond acceptors (Lipinski definition) is 2. The molecule has 0 saturated heterocycles. The van der Waals surface area contributed by atoms with Gasteiger partial charge < -0.3 is 10.6 Å². The highest BCUT2D eigenvalue weighted by atomic mass is 19.1. The summed E-state index contributed by atoms with van der Waals surface area (Å²) < 4.78 is 13.5. The van der Waals surface area contributed by atoms with Crippen molar-refractivity contribution in [3.8, 4) is 0 Å². The predicted molar refractivity (Wildman–Crippen MR) is 79.7 cm³/mol. The molecule has 0 spiro atoms. The fraction of sp³-hybridized carbons (Fsp3) is 0.188. The van der Waals surface area contributed by atoms with Gasteiger partial charge in [-0.25, -0.2) is 4.39 Å². The van der Waals surface area contributed by atoms with E-state index in [1.807, 2.05) is 19.1 Å². The Morgan fingerprint density at radius 3 is 2.55 bits per heavy atom. The van der Waals surface area contributed by atoms with Crippen LogP contribution in [0.15, 0.2) is 42.5 Å². The van der Waals surface area contributed by atoms with Gasteiger partial charge in [0, 0.05) is 23.5 Å². The van der Waals surface area contributed by atoms with Crippen molar-refractivity contribution < 1.29 is 9.18 Å². The van der Waals surface area contributed by atoms with E-state index in [4.69, 9.17) is 0 Å². The molecular formula is C16H17FN2O. The molecule has 3 nitrogen and oxygen atoms in total. The minimum Gasteiger partial charge on any atom is -0.385 e. The van der Waals surface area contributed by atoms with Gasteiger partial charge in [-0.2, -0.15) is 0 Å². The Hall–Kier alpha value is -2.36. The molecule has 0 aliphatic rings. The second-order valence-corrected chi connectivity index (χ2v) is 4.44. The van der Waals surface area contributed by atoms with Crippen LogP contribution in [0.1, 0.15) is 22.8 Å². The largest absolute Gasteiger partial charge is 0.385 e. The zero-order chi connectivity index (χ0) is 14.5. The molecule has 0 aromatic heterocycles. The van der Waals surface area contributed by atoms with Crippen molar-refractivity contribution >= 4 is 17.3 Å². The zero-order valence-electron chi connectivity index (χ0n) is 11.5. The normalized spacial score (nSPS) is 10.2. The first kappa shape index (κ1) is 14.1. The van der Waals surface area contributed by atoms with E-state index in [1.54, 1.807) is 31.2 Å². The Morgan fingerprint density at radius 2 is 1.80 bits per heavy atom. The Labute approximate surface area is 117 Å². The molecule has 2 aromatic carbocycles. The fourth-order valence-electron chi connectivity index (χ4n) is 1.96. The molecule has 0 unspecified atom stereocenters. The lowest BCUT2D eigenvalue weighted by Crippen LogP contribution is -2.15. The van der Waals surface area contributed by atoms with Crippen LogP contribution >= 0.6 is 0 Å². The van der Waals surface area contributed by atoms with E-state index < -0.39 is 0 Å². The number of anilines is 2. The van der Waals surface area contributed by atoms with Crippen LogP contribution < -0.4 is 10.6 Å². The number of para-hydroxylation sites is 1. The number of hydrogen-bond donors (Lipinski definition) is 2. The van der Waals surface area contributed by atoms with Crippen LogP contribution in [0.4, 0.5) is 15.8 Å². The smallest absolute Gasteiger partial charge is 0.257 e. The molecule has 0 atom stereocenters. The predicted octanol–water partition coefficient (Wildman–Crippen LogP) is 3.82. The van der Waals surface area contributed by atoms with Crippen LogP contribution in [0.25, 0.3) is 0 Å².